The second kappa shape index (κ2) is 4.88. The third-order valence-corrected chi connectivity index (χ3v) is 3.60. The maximum absolute atomic E-state index is 5.69. The van der Waals surface area contributed by atoms with Crippen LogP contribution in [0.2, 0.25) is 0 Å². The first-order chi connectivity index (χ1) is 7.70. The van der Waals surface area contributed by atoms with Crippen molar-refractivity contribution in [3.05, 3.63) is 29.8 Å². The van der Waals surface area contributed by atoms with Crippen LogP contribution in [0.1, 0.15) is 32.3 Å². The molecule has 0 radical (unpaired) electrons. The molecule has 2 atom stereocenters. The summed E-state index contributed by atoms with van der Waals surface area (Å²) in [5.41, 5.74) is 8.25. The molecule has 1 aromatic carbocycles. The van der Waals surface area contributed by atoms with Crippen molar-refractivity contribution in [1.29, 1.82) is 0 Å². The number of rotatable bonds is 2. The number of piperidine rings is 1. The molecule has 0 bridgehead atoms. The third-order valence-electron chi connectivity index (χ3n) is 3.60. The molecule has 0 saturated carbocycles. The van der Waals surface area contributed by atoms with Gasteiger partial charge in [0.25, 0.3) is 0 Å². The molecule has 1 saturated heterocycles. The minimum Gasteiger partial charge on any atom is -0.369 e. The van der Waals surface area contributed by atoms with E-state index in [-0.39, 0.29) is 0 Å². The summed E-state index contributed by atoms with van der Waals surface area (Å²) in [6.07, 6.45) is 2.66. The van der Waals surface area contributed by atoms with E-state index in [2.05, 4.69) is 43.0 Å². The van der Waals surface area contributed by atoms with E-state index in [0.717, 1.165) is 5.92 Å². The van der Waals surface area contributed by atoms with Crippen LogP contribution >= 0.6 is 0 Å². The number of hydrogen-bond donors (Lipinski definition) is 1. The van der Waals surface area contributed by atoms with Gasteiger partial charge < -0.3 is 10.6 Å². The van der Waals surface area contributed by atoms with Crippen LogP contribution in [0.5, 0.6) is 0 Å². The zero-order chi connectivity index (χ0) is 11.5. The first-order valence-corrected chi connectivity index (χ1v) is 6.26. The first-order valence-electron chi connectivity index (χ1n) is 6.26. The van der Waals surface area contributed by atoms with Crippen molar-refractivity contribution in [2.24, 2.45) is 11.7 Å². The second-order valence-electron chi connectivity index (χ2n) is 5.06. The highest BCUT2D eigenvalue weighted by Gasteiger charge is 2.22. The Balaban J connectivity index is 2.20. The number of nitrogens with zero attached hydrogens (tertiary/aromatic N) is 1. The average molecular weight is 218 g/mol. The number of benzene rings is 1. The predicted molar refractivity (Wildman–Crippen MR) is 69.5 cm³/mol. The minimum absolute atomic E-state index is 0.631. The van der Waals surface area contributed by atoms with E-state index in [1.165, 1.54) is 30.6 Å². The Hall–Kier alpha value is -1.02. The molecule has 88 valence electrons. The molecule has 2 unspecified atom stereocenters. The van der Waals surface area contributed by atoms with Crippen LogP contribution in [0, 0.1) is 5.92 Å². The van der Waals surface area contributed by atoms with Crippen molar-refractivity contribution >= 4 is 5.69 Å². The Morgan fingerprint density at radius 3 is 2.88 bits per heavy atom. The van der Waals surface area contributed by atoms with E-state index < -0.39 is 0 Å². The van der Waals surface area contributed by atoms with Crippen LogP contribution in [0.3, 0.4) is 0 Å². The summed E-state index contributed by atoms with van der Waals surface area (Å²) in [6, 6.07) is 9.30. The molecule has 2 N–H and O–H groups in total. The van der Waals surface area contributed by atoms with E-state index in [9.17, 15) is 0 Å². The quantitative estimate of drug-likeness (QED) is 0.827. The molecular formula is C14H22N2. The monoisotopic (exact) mass is 218 g/mol. The Labute approximate surface area is 98.4 Å². The highest BCUT2D eigenvalue weighted by molar-refractivity contribution is 5.49. The Morgan fingerprint density at radius 1 is 1.31 bits per heavy atom. The molecule has 0 spiro atoms. The normalized spacial score (nSPS) is 25.8. The number of anilines is 1. The molecular weight excluding hydrogens is 196 g/mol. The molecule has 1 fully saturated rings. The molecule has 0 amide bonds. The van der Waals surface area contributed by atoms with Crippen LogP contribution in [0.4, 0.5) is 5.69 Å². The lowest BCUT2D eigenvalue weighted by molar-refractivity contribution is 0.390. The van der Waals surface area contributed by atoms with Crippen molar-refractivity contribution in [1.82, 2.24) is 0 Å². The van der Waals surface area contributed by atoms with Gasteiger partial charge in [-0.3, -0.25) is 0 Å². The van der Waals surface area contributed by atoms with E-state index >= 15 is 0 Å². The third kappa shape index (κ3) is 2.38. The van der Waals surface area contributed by atoms with Crippen LogP contribution in [0.15, 0.2) is 24.3 Å². The molecule has 16 heavy (non-hydrogen) atoms. The van der Waals surface area contributed by atoms with Crippen molar-refractivity contribution in [3.63, 3.8) is 0 Å². The average Bonchev–Trinajstić information content (AvgIpc) is 2.32. The minimum atomic E-state index is 0.631. The molecule has 1 aliphatic rings. The van der Waals surface area contributed by atoms with Crippen LogP contribution < -0.4 is 10.6 Å². The van der Waals surface area contributed by atoms with Crippen LogP contribution in [-0.4, -0.2) is 12.6 Å². The standard InChI is InChI=1S/C14H22N2/c1-11-6-7-12(2)16(10-11)14-5-3-4-13(8-14)9-15/h3-5,8,11-12H,6-7,9-10,15H2,1-2H3. The molecule has 2 rings (SSSR count). The Morgan fingerprint density at radius 2 is 2.12 bits per heavy atom. The van der Waals surface area contributed by atoms with Crippen molar-refractivity contribution in [3.8, 4) is 0 Å². The van der Waals surface area contributed by atoms with E-state index in [1.807, 2.05) is 0 Å². The smallest absolute Gasteiger partial charge is 0.0371 e. The maximum atomic E-state index is 5.69. The van der Waals surface area contributed by atoms with Crippen molar-refractivity contribution < 1.29 is 0 Å². The van der Waals surface area contributed by atoms with Crippen molar-refractivity contribution in [2.75, 3.05) is 11.4 Å². The van der Waals surface area contributed by atoms with Gasteiger partial charge in [-0.2, -0.15) is 0 Å². The lowest BCUT2D eigenvalue weighted by atomic mass is 9.94. The summed E-state index contributed by atoms with van der Waals surface area (Å²) in [7, 11) is 0. The molecule has 1 aromatic rings. The van der Waals surface area contributed by atoms with Gasteiger partial charge in [-0.15, -0.1) is 0 Å². The highest BCUT2D eigenvalue weighted by Crippen LogP contribution is 2.27. The number of nitrogens with two attached hydrogens (primary N) is 1. The van der Waals surface area contributed by atoms with E-state index in [0.29, 0.717) is 12.6 Å². The second-order valence-corrected chi connectivity index (χ2v) is 5.06. The van der Waals surface area contributed by atoms with E-state index in [4.69, 9.17) is 5.73 Å². The zero-order valence-electron chi connectivity index (χ0n) is 10.3. The molecule has 1 aliphatic heterocycles. The summed E-state index contributed by atoms with van der Waals surface area (Å²) < 4.78 is 0. The summed E-state index contributed by atoms with van der Waals surface area (Å²) in [6.45, 7) is 6.47. The van der Waals surface area contributed by atoms with Crippen LogP contribution in [0.25, 0.3) is 0 Å². The predicted octanol–water partition coefficient (Wildman–Crippen LogP) is 2.77. The summed E-state index contributed by atoms with van der Waals surface area (Å²) in [4.78, 5) is 2.52. The van der Waals surface area contributed by atoms with Gasteiger partial charge in [-0.25, -0.2) is 0 Å². The van der Waals surface area contributed by atoms with E-state index in [1.54, 1.807) is 0 Å². The maximum Gasteiger partial charge on any atom is 0.0371 e. The summed E-state index contributed by atoms with van der Waals surface area (Å²) >= 11 is 0. The fourth-order valence-electron chi connectivity index (χ4n) is 2.51. The van der Waals surface area contributed by atoms with Gasteiger partial charge in [0, 0.05) is 24.8 Å². The molecule has 2 nitrogen and oxygen atoms in total. The SMILES string of the molecule is CC1CCC(C)N(c2cccc(CN)c2)C1. The van der Waals surface area contributed by atoms with Gasteiger partial charge in [0.2, 0.25) is 0 Å². The molecule has 1 heterocycles. The Kier molecular flexibility index (Phi) is 3.49. The van der Waals surface area contributed by atoms with Gasteiger partial charge in [0.05, 0.1) is 0 Å². The van der Waals surface area contributed by atoms with Crippen molar-refractivity contribution in [2.45, 2.75) is 39.3 Å². The zero-order valence-corrected chi connectivity index (χ0v) is 10.3. The molecule has 0 aliphatic carbocycles. The highest BCUT2D eigenvalue weighted by atomic mass is 15.2. The van der Waals surface area contributed by atoms with Gasteiger partial charge in [0.15, 0.2) is 0 Å². The first kappa shape index (κ1) is 11.5. The lowest BCUT2D eigenvalue weighted by Gasteiger charge is -2.38. The Bertz CT molecular complexity index is 348. The molecule has 2 heteroatoms. The molecule has 0 aromatic heterocycles. The largest absolute Gasteiger partial charge is 0.369 e. The van der Waals surface area contributed by atoms with Gasteiger partial charge in [0.1, 0.15) is 0 Å². The lowest BCUT2D eigenvalue weighted by Crippen LogP contribution is -2.41. The fraction of sp³-hybridized carbons (Fsp3) is 0.571. The summed E-state index contributed by atoms with van der Waals surface area (Å²) in [5, 5.41) is 0. The van der Waals surface area contributed by atoms with Gasteiger partial charge in [-0.1, -0.05) is 19.1 Å². The topological polar surface area (TPSA) is 29.3 Å². The number of hydrogen-bond acceptors (Lipinski definition) is 2. The summed E-state index contributed by atoms with van der Waals surface area (Å²) in [5.74, 6) is 0.803. The van der Waals surface area contributed by atoms with Gasteiger partial charge in [-0.05, 0) is 43.4 Å². The van der Waals surface area contributed by atoms with Crippen LogP contribution in [-0.2, 0) is 6.54 Å². The fourth-order valence-corrected chi connectivity index (χ4v) is 2.51. The van der Waals surface area contributed by atoms with Gasteiger partial charge >= 0.3 is 0 Å².